The van der Waals surface area contributed by atoms with Gasteiger partial charge in [0.15, 0.2) is 11.5 Å². The number of hydrogen-bond donors (Lipinski definition) is 1. The van der Waals surface area contributed by atoms with E-state index in [0.717, 1.165) is 5.39 Å². The van der Waals surface area contributed by atoms with Crippen LogP contribution >= 0.6 is 0 Å². The number of pyridine rings is 1. The van der Waals surface area contributed by atoms with Crippen molar-refractivity contribution in [1.29, 1.82) is 5.26 Å². The third-order valence-electron chi connectivity index (χ3n) is 2.85. The molecule has 3 rings (SSSR count). The van der Waals surface area contributed by atoms with Crippen molar-refractivity contribution in [3.05, 3.63) is 53.9 Å². The van der Waals surface area contributed by atoms with Crippen LogP contribution in [0.4, 0.5) is 0 Å². The van der Waals surface area contributed by atoms with Crippen molar-refractivity contribution in [1.82, 2.24) is 14.8 Å². The van der Waals surface area contributed by atoms with E-state index in [1.165, 1.54) is 16.9 Å². The highest BCUT2D eigenvalue weighted by molar-refractivity contribution is 5.85. The lowest BCUT2D eigenvalue weighted by Crippen LogP contribution is -2.05. The maximum Gasteiger partial charge on any atom is 0.356 e. The fraction of sp³-hybridized carbons (Fsp3) is 0. The van der Waals surface area contributed by atoms with Crippen LogP contribution in [-0.2, 0) is 0 Å². The molecule has 1 aromatic carbocycles. The van der Waals surface area contributed by atoms with Gasteiger partial charge in [0.1, 0.15) is 6.07 Å². The first-order chi connectivity index (χ1) is 9.69. The minimum Gasteiger partial charge on any atom is -0.476 e. The summed E-state index contributed by atoms with van der Waals surface area (Å²) in [5, 5.41) is 22.8. The molecule has 2 heterocycles. The lowest BCUT2D eigenvalue weighted by Gasteiger charge is -2.05. The normalized spacial score (nSPS) is 10.3. The van der Waals surface area contributed by atoms with Gasteiger partial charge in [0.25, 0.3) is 0 Å². The number of hydrogen-bond acceptors (Lipinski definition) is 4. The fourth-order valence-corrected chi connectivity index (χ4v) is 1.92. The highest BCUT2D eigenvalue weighted by atomic mass is 16.4. The van der Waals surface area contributed by atoms with E-state index < -0.39 is 5.97 Å². The van der Waals surface area contributed by atoms with E-state index in [4.69, 9.17) is 5.11 Å². The van der Waals surface area contributed by atoms with Gasteiger partial charge in [0.05, 0.1) is 11.1 Å². The smallest absolute Gasteiger partial charge is 0.356 e. The van der Waals surface area contributed by atoms with E-state index in [0.29, 0.717) is 16.9 Å². The van der Waals surface area contributed by atoms with Gasteiger partial charge in [0.2, 0.25) is 0 Å². The van der Waals surface area contributed by atoms with E-state index >= 15 is 0 Å². The Morgan fingerprint density at radius 3 is 2.80 bits per heavy atom. The molecule has 0 saturated heterocycles. The standard InChI is InChI=1S/C14H8N4O2/c15-8-10-7-9-3-1-2-4-11(9)16-13(10)18-6-5-12(17-18)14(19)20/h1-7H,(H,19,20). The van der Waals surface area contributed by atoms with Crippen molar-refractivity contribution in [2.45, 2.75) is 0 Å². The summed E-state index contributed by atoms with van der Waals surface area (Å²) in [6.45, 7) is 0. The fourth-order valence-electron chi connectivity index (χ4n) is 1.92. The van der Waals surface area contributed by atoms with Gasteiger partial charge in [-0.05, 0) is 18.2 Å². The van der Waals surface area contributed by atoms with Crippen molar-refractivity contribution in [3.63, 3.8) is 0 Å². The Balaban J connectivity index is 2.23. The summed E-state index contributed by atoms with van der Waals surface area (Å²) in [6, 6.07) is 12.5. The molecule has 0 fully saturated rings. The number of carboxylic acid groups (broad SMARTS) is 1. The molecule has 1 N–H and O–H groups in total. The van der Waals surface area contributed by atoms with E-state index in [1.54, 1.807) is 6.07 Å². The summed E-state index contributed by atoms with van der Waals surface area (Å²) in [6.07, 6.45) is 1.47. The minimum absolute atomic E-state index is 0.0937. The molecule has 96 valence electrons. The first-order valence-electron chi connectivity index (χ1n) is 5.78. The number of carboxylic acids is 1. The number of benzene rings is 1. The second-order valence-electron chi connectivity index (χ2n) is 4.11. The van der Waals surface area contributed by atoms with Crippen LogP contribution in [0.2, 0.25) is 0 Å². The average Bonchev–Trinajstić information content (AvgIpc) is 2.95. The molecule has 0 bridgehead atoms. The largest absolute Gasteiger partial charge is 0.476 e. The van der Waals surface area contributed by atoms with Gasteiger partial charge < -0.3 is 5.11 Å². The highest BCUT2D eigenvalue weighted by Gasteiger charge is 2.12. The minimum atomic E-state index is -1.12. The summed E-state index contributed by atoms with van der Waals surface area (Å²) in [5.41, 5.74) is 0.960. The lowest BCUT2D eigenvalue weighted by atomic mass is 10.1. The molecule has 0 amide bonds. The number of fused-ring (bicyclic) bond motifs is 1. The van der Waals surface area contributed by atoms with Gasteiger partial charge in [-0.1, -0.05) is 18.2 Å². The van der Waals surface area contributed by atoms with E-state index in [1.807, 2.05) is 24.3 Å². The summed E-state index contributed by atoms with van der Waals surface area (Å²) in [4.78, 5) is 15.2. The molecule has 0 aliphatic rings. The zero-order chi connectivity index (χ0) is 14.1. The Kier molecular flexibility index (Phi) is 2.66. The molecule has 0 aliphatic heterocycles. The summed E-state index contributed by atoms with van der Waals surface area (Å²) in [7, 11) is 0. The van der Waals surface area contributed by atoms with Gasteiger partial charge in [-0.25, -0.2) is 14.5 Å². The van der Waals surface area contributed by atoms with Gasteiger partial charge >= 0.3 is 5.97 Å². The Bertz CT molecular complexity index is 861. The van der Waals surface area contributed by atoms with Crippen molar-refractivity contribution in [2.24, 2.45) is 0 Å². The summed E-state index contributed by atoms with van der Waals surface area (Å²) >= 11 is 0. The van der Waals surface area contributed by atoms with E-state index in [2.05, 4.69) is 16.2 Å². The maximum atomic E-state index is 10.9. The molecule has 0 spiro atoms. The Morgan fingerprint density at radius 1 is 1.30 bits per heavy atom. The molecule has 2 aromatic heterocycles. The molecular formula is C14H8N4O2. The summed E-state index contributed by atoms with van der Waals surface area (Å²) in [5.74, 6) is -0.804. The number of para-hydroxylation sites is 1. The number of carbonyl (C=O) groups is 1. The molecule has 0 saturated carbocycles. The van der Waals surface area contributed by atoms with Crippen LogP contribution in [0.15, 0.2) is 42.6 Å². The van der Waals surface area contributed by atoms with Crippen LogP contribution in [0.25, 0.3) is 16.7 Å². The quantitative estimate of drug-likeness (QED) is 0.764. The zero-order valence-electron chi connectivity index (χ0n) is 10.2. The molecule has 0 atom stereocenters. The predicted octanol–water partition coefficient (Wildman–Crippen LogP) is 1.99. The SMILES string of the molecule is N#Cc1cc2ccccc2nc1-n1ccc(C(=O)O)n1. The van der Waals surface area contributed by atoms with E-state index in [9.17, 15) is 10.1 Å². The van der Waals surface area contributed by atoms with Crippen LogP contribution in [0.1, 0.15) is 16.1 Å². The molecule has 3 aromatic rings. The average molecular weight is 264 g/mol. The van der Waals surface area contributed by atoms with Crippen molar-refractivity contribution in [3.8, 4) is 11.9 Å². The number of aromatic carboxylic acids is 1. The van der Waals surface area contributed by atoms with Crippen LogP contribution in [0.3, 0.4) is 0 Å². The second-order valence-corrected chi connectivity index (χ2v) is 4.11. The van der Waals surface area contributed by atoms with Crippen LogP contribution < -0.4 is 0 Å². The maximum absolute atomic E-state index is 10.9. The topological polar surface area (TPSA) is 91.8 Å². The van der Waals surface area contributed by atoms with Crippen molar-refractivity contribution < 1.29 is 9.90 Å². The molecule has 0 aliphatic carbocycles. The van der Waals surface area contributed by atoms with Gasteiger partial charge in [-0.15, -0.1) is 0 Å². The highest BCUT2D eigenvalue weighted by Crippen LogP contribution is 2.18. The molecule has 20 heavy (non-hydrogen) atoms. The Labute approximate surface area is 113 Å². The number of aromatic nitrogens is 3. The Hall–Kier alpha value is -3.20. The van der Waals surface area contributed by atoms with Gasteiger partial charge in [0, 0.05) is 11.6 Å². The Morgan fingerprint density at radius 2 is 2.10 bits per heavy atom. The van der Waals surface area contributed by atoms with Crippen LogP contribution in [0.5, 0.6) is 0 Å². The molecule has 6 nitrogen and oxygen atoms in total. The number of nitriles is 1. The molecule has 0 unspecified atom stereocenters. The number of rotatable bonds is 2. The molecule has 6 heteroatoms. The zero-order valence-corrected chi connectivity index (χ0v) is 10.2. The van der Waals surface area contributed by atoms with E-state index in [-0.39, 0.29) is 5.69 Å². The monoisotopic (exact) mass is 264 g/mol. The first-order valence-corrected chi connectivity index (χ1v) is 5.78. The predicted molar refractivity (Wildman–Crippen MR) is 70.5 cm³/mol. The molecule has 0 radical (unpaired) electrons. The van der Waals surface area contributed by atoms with Gasteiger partial charge in [-0.2, -0.15) is 10.4 Å². The third-order valence-corrected chi connectivity index (χ3v) is 2.85. The lowest BCUT2D eigenvalue weighted by molar-refractivity contribution is 0.0690. The van der Waals surface area contributed by atoms with Crippen molar-refractivity contribution in [2.75, 3.05) is 0 Å². The van der Waals surface area contributed by atoms with Crippen LogP contribution in [-0.4, -0.2) is 25.8 Å². The van der Waals surface area contributed by atoms with Crippen LogP contribution in [0, 0.1) is 11.3 Å². The van der Waals surface area contributed by atoms with Gasteiger partial charge in [-0.3, -0.25) is 0 Å². The summed E-state index contributed by atoms with van der Waals surface area (Å²) < 4.78 is 1.30. The first kappa shape index (κ1) is 11.9. The molecular weight excluding hydrogens is 256 g/mol. The van der Waals surface area contributed by atoms with Crippen molar-refractivity contribution >= 4 is 16.9 Å². The number of nitrogens with zero attached hydrogens (tertiary/aromatic N) is 4. The third kappa shape index (κ3) is 1.87. The second kappa shape index (κ2) is 4.48.